The van der Waals surface area contributed by atoms with E-state index in [1.54, 1.807) is 14.2 Å². The van der Waals surface area contributed by atoms with Crippen LogP contribution in [0.15, 0.2) is 10.5 Å². The Morgan fingerprint density at radius 1 is 1.38 bits per heavy atom. The van der Waals surface area contributed by atoms with E-state index in [4.69, 9.17) is 9.47 Å². The Bertz CT molecular complexity index is 377. The van der Waals surface area contributed by atoms with E-state index in [9.17, 15) is 5.11 Å². The molecule has 0 aromatic heterocycles. The molecule has 0 aliphatic heterocycles. The highest BCUT2D eigenvalue weighted by Gasteiger charge is 2.18. The van der Waals surface area contributed by atoms with Gasteiger partial charge in [0.05, 0.1) is 18.7 Å². The third-order valence-electron chi connectivity index (χ3n) is 2.68. The van der Waals surface area contributed by atoms with Gasteiger partial charge in [0.25, 0.3) is 0 Å². The van der Waals surface area contributed by atoms with Crippen LogP contribution in [-0.2, 0) is 0 Å². The lowest BCUT2D eigenvalue weighted by Crippen LogP contribution is -2.04. The summed E-state index contributed by atoms with van der Waals surface area (Å²) >= 11 is 3.49. The molecule has 3 nitrogen and oxygen atoms in total. The molecule has 0 fully saturated rings. The fourth-order valence-electron chi connectivity index (χ4n) is 1.60. The van der Waals surface area contributed by atoms with Crippen molar-refractivity contribution in [1.82, 2.24) is 0 Å². The summed E-state index contributed by atoms with van der Waals surface area (Å²) in [4.78, 5) is 0. The SMILES string of the molecule is COc1cc(C(C)CO)c(OC)c(Br)c1C. The molecule has 0 heterocycles. The van der Waals surface area contributed by atoms with Gasteiger partial charge >= 0.3 is 0 Å². The van der Waals surface area contributed by atoms with E-state index in [0.717, 1.165) is 27.1 Å². The monoisotopic (exact) mass is 288 g/mol. The van der Waals surface area contributed by atoms with Crippen molar-refractivity contribution in [3.63, 3.8) is 0 Å². The van der Waals surface area contributed by atoms with E-state index in [-0.39, 0.29) is 12.5 Å². The molecule has 90 valence electrons. The molecule has 0 saturated heterocycles. The zero-order valence-corrected chi connectivity index (χ0v) is 11.6. The van der Waals surface area contributed by atoms with Gasteiger partial charge < -0.3 is 14.6 Å². The van der Waals surface area contributed by atoms with Gasteiger partial charge in [0.2, 0.25) is 0 Å². The van der Waals surface area contributed by atoms with E-state index in [1.165, 1.54) is 0 Å². The minimum atomic E-state index is 0.0146. The maximum absolute atomic E-state index is 9.22. The van der Waals surface area contributed by atoms with Crippen LogP contribution in [0.25, 0.3) is 0 Å². The molecule has 0 aliphatic carbocycles. The van der Waals surface area contributed by atoms with Crippen LogP contribution in [0.1, 0.15) is 24.0 Å². The molecule has 1 unspecified atom stereocenters. The Hall–Kier alpha value is -0.740. The number of aliphatic hydroxyl groups is 1. The van der Waals surface area contributed by atoms with Crippen LogP contribution in [0.2, 0.25) is 0 Å². The zero-order valence-electron chi connectivity index (χ0n) is 10.0. The van der Waals surface area contributed by atoms with Crippen molar-refractivity contribution in [3.05, 3.63) is 21.7 Å². The minimum Gasteiger partial charge on any atom is -0.496 e. The zero-order chi connectivity index (χ0) is 12.3. The summed E-state index contributed by atoms with van der Waals surface area (Å²) in [5.74, 6) is 1.57. The van der Waals surface area contributed by atoms with E-state index in [0.29, 0.717) is 0 Å². The first kappa shape index (κ1) is 13.3. The molecule has 1 aromatic carbocycles. The lowest BCUT2D eigenvalue weighted by atomic mass is 9.99. The van der Waals surface area contributed by atoms with Crippen molar-refractivity contribution in [2.75, 3.05) is 20.8 Å². The summed E-state index contributed by atoms with van der Waals surface area (Å²) in [5.41, 5.74) is 1.94. The van der Waals surface area contributed by atoms with Crippen LogP contribution in [0.5, 0.6) is 11.5 Å². The summed E-state index contributed by atoms with van der Waals surface area (Å²) in [6.45, 7) is 3.98. The fraction of sp³-hybridized carbons (Fsp3) is 0.500. The molecule has 4 heteroatoms. The highest BCUT2D eigenvalue weighted by atomic mass is 79.9. The highest BCUT2D eigenvalue weighted by molar-refractivity contribution is 9.10. The Morgan fingerprint density at radius 2 is 2.00 bits per heavy atom. The Kier molecular flexibility index (Phi) is 4.62. The summed E-state index contributed by atoms with van der Waals surface area (Å²) < 4.78 is 11.5. The number of halogens is 1. The third kappa shape index (κ3) is 2.33. The first-order valence-corrected chi connectivity index (χ1v) is 5.87. The molecular formula is C12H17BrO3. The predicted octanol–water partition coefficient (Wildman–Crippen LogP) is 2.87. The summed E-state index contributed by atoms with van der Waals surface area (Å²) in [6, 6.07) is 1.92. The molecule has 1 N–H and O–H groups in total. The maximum atomic E-state index is 9.22. The standard InChI is InChI=1S/C12H17BrO3/c1-7(6-14)9-5-10(15-3)8(2)11(13)12(9)16-4/h5,7,14H,6H2,1-4H3. The average Bonchev–Trinajstić information content (AvgIpc) is 2.31. The van der Waals surface area contributed by atoms with E-state index < -0.39 is 0 Å². The second-order valence-corrected chi connectivity index (χ2v) is 4.52. The van der Waals surface area contributed by atoms with Gasteiger partial charge in [-0.2, -0.15) is 0 Å². The van der Waals surface area contributed by atoms with Crippen LogP contribution < -0.4 is 9.47 Å². The van der Waals surface area contributed by atoms with Crippen LogP contribution in [-0.4, -0.2) is 25.9 Å². The van der Waals surface area contributed by atoms with Gasteiger partial charge in [0.15, 0.2) is 0 Å². The second kappa shape index (κ2) is 5.55. The number of aliphatic hydroxyl groups excluding tert-OH is 1. The van der Waals surface area contributed by atoms with Crippen LogP contribution in [0.4, 0.5) is 0 Å². The molecule has 0 aliphatic rings. The summed E-state index contributed by atoms with van der Waals surface area (Å²) in [7, 11) is 3.26. The number of hydrogen-bond acceptors (Lipinski definition) is 3. The fourth-order valence-corrected chi connectivity index (χ4v) is 2.19. The number of rotatable bonds is 4. The topological polar surface area (TPSA) is 38.7 Å². The van der Waals surface area contributed by atoms with E-state index in [2.05, 4.69) is 15.9 Å². The van der Waals surface area contributed by atoms with Gasteiger partial charge in [-0.05, 0) is 28.9 Å². The molecule has 16 heavy (non-hydrogen) atoms. The Labute approximate surface area is 105 Å². The maximum Gasteiger partial charge on any atom is 0.137 e. The first-order chi connectivity index (χ1) is 7.56. The van der Waals surface area contributed by atoms with Crippen molar-refractivity contribution in [2.24, 2.45) is 0 Å². The van der Waals surface area contributed by atoms with Crippen LogP contribution in [0.3, 0.4) is 0 Å². The molecule has 1 aromatic rings. The lowest BCUT2D eigenvalue weighted by Gasteiger charge is -2.18. The number of benzene rings is 1. The van der Waals surface area contributed by atoms with Crippen molar-refractivity contribution in [3.8, 4) is 11.5 Å². The van der Waals surface area contributed by atoms with E-state index in [1.807, 2.05) is 19.9 Å². The lowest BCUT2D eigenvalue weighted by molar-refractivity contribution is 0.269. The molecule has 0 radical (unpaired) electrons. The molecule has 1 rings (SSSR count). The van der Waals surface area contributed by atoms with Crippen LogP contribution >= 0.6 is 15.9 Å². The minimum absolute atomic E-state index is 0.0146. The van der Waals surface area contributed by atoms with Crippen LogP contribution in [0, 0.1) is 6.92 Å². The van der Waals surface area contributed by atoms with Crippen molar-refractivity contribution >= 4 is 15.9 Å². The van der Waals surface area contributed by atoms with Gasteiger partial charge in [-0.1, -0.05) is 6.92 Å². The van der Waals surface area contributed by atoms with E-state index >= 15 is 0 Å². The molecule has 0 saturated carbocycles. The van der Waals surface area contributed by atoms with Crippen molar-refractivity contribution in [2.45, 2.75) is 19.8 Å². The van der Waals surface area contributed by atoms with Gasteiger partial charge in [-0.3, -0.25) is 0 Å². The quantitative estimate of drug-likeness (QED) is 0.926. The average molecular weight is 289 g/mol. The molecular weight excluding hydrogens is 272 g/mol. The Balaban J connectivity index is 3.40. The second-order valence-electron chi connectivity index (χ2n) is 3.72. The third-order valence-corrected chi connectivity index (χ3v) is 3.63. The van der Waals surface area contributed by atoms with Gasteiger partial charge in [0, 0.05) is 23.7 Å². The van der Waals surface area contributed by atoms with Crippen molar-refractivity contribution in [1.29, 1.82) is 0 Å². The highest BCUT2D eigenvalue weighted by Crippen LogP contribution is 2.40. The summed E-state index contributed by atoms with van der Waals surface area (Å²) in [6.07, 6.45) is 0. The molecule has 0 amide bonds. The van der Waals surface area contributed by atoms with Crippen molar-refractivity contribution < 1.29 is 14.6 Å². The largest absolute Gasteiger partial charge is 0.496 e. The van der Waals surface area contributed by atoms with Gasteiger partial charge in [0.1, 0.15) is 11.5 Å². The molecule has 1 atom stereocenters. The first-order valence-electron chi connectivity index (χ1n) is 5.08. The number of hydrogen-bond donors (Lipinski definition) is 1. The normalized spacial score (nSPS) is 12.4. The molecule has 0 spiro atoms. The summed E-state index contributed by atoms with van der Waals surface area (Å²) in [5, 5.41) is 9.22. The number of methoxy groups -OCH3 is 2. The predicted molar refractivity (Wildman–Crippen MR) is 67.5 cm³/mol. The Morgan fingerprint density at radius 3 is 2.44 bits per heavy atom. The molecule has 0 bridgehead atoms. The van der Waals surface area contributed by atoms with Gasteiger partial charge in [-0.25, -0.2) is 0 Å². The number of ether oxygens (including phenoxy) is 2. The van der Waals surface area contributed by atoms with Gasteiger partial charge in [-0.15, -0.1) is 0 Å². The smallest absolute Gasteiger partial charge is 0.137 e.